The number of benzene rings is 1. The molecule has 0 unspecified atom stereocenters. The van der Waals surface area contributed by atoms with E-state index in [1.807, 2.05) is 0 Å². The van der Waals surface area contributed by atoms with Gasteiger partial charge in [-0.1, -0.05) is 29.3 Å². The van der Waals surface area contributed by atoms with E-state index in [0.29, 0.717) is 5.39 Å². The van der Waals surface area contributed by atoms with E-state index in [4.69, 9.17) is 28.3 Å². The van der Waals surface area contributed by atoms with Gasteiger partial charge < -0.3 is 5.11 Å². The molecule has 0 aliphatic rings. The molecule has 1 heterocycles. The largest absolute Gasteiger partial charge is 0.477 e. The zero-order valence-corrected chi connectivity index (χ0v) is 10.1. The summed E-state index contributed by atoms with van der Waals surface area (Å²) in [6.07, 6.45) is 1.15. The number of carboxylic acids is 1. The number of rotatable bonds is 2. The zero-order valence-electron chi connectivity index (χ0n) is 8.62. The van der Waals surface area contributed by atoms with Crippen LogP contribution >= 0.6 is 23.2 Å². The molecular weight excluding hydrogens is 287 g/mol. The van der Waals surface area contributed by atoms with Gasteiger partial charge in [-0.2, -0.15) is 8.78 Å². The van der Waals surface area contributed by atoms with Gasteiger partial charge in [-0.05, 0) is 12.1 Å². The smallest absolute Gasteiger partial charge is 0.379 e. The van der Waals surface area contributed by atoms with E-state index in [0.717, 1.165) is 6.20 Å². The Morgan fingerprint density at radius 3 is 2.61 bits per heavy atom. The minimum absolute atomic E-state index is 0.181. The topological polar surface area (TPSA) is 50.2 Å². The molecule has 0 fully saturated rings. The molecule has 1 N–H and O–H groups in total. The van der Waals surface area contributed by atoms with Gasteiger partial charge in [-0.3, -0.25) is 4.98 Å². The quantitative estimate of drug-likeness (QED) is 0.917. The van der Waals surface area contributed by atoms with Gasteiger partial charge in [0, 0.05) is 11.6 Å². The van der Waals surface area contributed by atoms with Gasteiger partial charge in [-0.15, -0.1) is 0 Å². The number of carboxylic acid groups (broad SMARTS) is 1. The van der Waals surface area contributed by atoms with Crippen molar-refractivity contribution in [3.63, 3.8) is 0 Å². The first-order valence-corrected chi connectivity index (χ1v) is 5.45. The first kappa shape index (κ1) is 13.0. The number of hydrogen-bond acceptors (Lipinski definition) is 2. The number of fused-ring (bicyclic) bond motifs is 1. The van der Waals surface area contributed by atoms with Crippen LogP contribution < -0.4 is 0 Å². The van der Waals surface area contributed by atoms with E-state index < -0.39 is 17.5 Å². The molecule has 2 aromatic rings. The van der Waals surface area contributed by atoms with Gasteiger partial charge >= 0.3 is 11.9 Å². The number of alkyl halides is 2. The molecule has 3 nitrogen and oxygen atoms in total. The molecule has 0 saturated carbocycles. The van der Waals surface area contributed by atoms with Gasteiger partial charge in [0.05, 0.1) is 21.1 Å². The van der Waals surface area contributed by atoms with E-state index in [-0.39, 0.29) is 15.6 Å². The average molecular weight is 292 g/mol. The minimum atomic E-state index is -4.11. The van der Waals surface area contributed by atoms with Crippen LogP contribution in [0.1, 0.15) is 5.56 Å². The van der Waals surface area contributed by atoms with Crippen molar-refractivity contribution in [2.24, 2.45) is 0 Å². The highest BCUT2D eigenvalue weighted by atomic mass is 35.5. The molecule has 0 aliphatic heterocycles. The molecule has 94 valence electrons. The molecule has 0 saturated heterocycles. The number of halogens is 4. The molecule has 0 atom stereocenters. The molecule has 0 bridgehead atoms. The number of aromatic nitrogens is 1. The Morgan fingerprint density at radius 2 is 2.00 bits per heavy atom. The monoisotopic (exact) mass is 291 g/mol. The normalized spacial score (nSPS) is 11.8. The van der Waals surface area contributed by atoms with Crippen molar-refractivity contribution in [2.45, 2.75) is 5.92 Å². The van der Waals surface area contributed by atoms with Gasteiger partial charge in [0.25, 0.3) is 0 Å². The number of aliphatic carboxylic acids is 1. The van der Waals surface area contributed by atoms with E-state index in [1.54, 1.807) is 0 Å². The maximum absolute atomic E-state index is 13.6. The van der Waals surface area contributed by atoms with Crippen LogP contribution in [0.25, 0.3) is 10.9 Å². The highest BCUT2D eigenvalue weighted by molar-refractivity contribution is 6.33. The van der Waals surface area contributed by atoms with Crippen LogP contribution in [-0.2, 0) is 10.7 Å². The lowest BCUT2D eigenvalue weighted by atomic mass is 10.0. The first-order chi connectivity index (χ1) is 8.34. The van der Waals surface area contributed by atoms with Crippen molar-refractivity contribution in [1.82, 2.24) is 4.98 Å². The SMILES string of the molecule is O=C(O)C(F)(F)c1c(Cl)ccc2cc(Cl)cnc12. The Kier molecular flexibility index (Phi) is 3.12. The number of hydrogen-bond donors (Lipinski definition) is 1. The van der Waals surface area contributed by atoms with Crippen molar-refractivity contribution < 1.29 is 18.7 Å². The molecule has 18 heavy (non-hydrogen) atoms. The fourth-order valence-corrected chi connectivity index (χ4v) is 1.99. The second kappa shape index (κ2) is 4.33. The third-order valence-electron chi connectivity index (χ3n) is 2.35. The molecule has 2 rings (SSSR count). The highest BCUT2D eigenvalue weighted by Crippen LogP contribution is 2.38. The van der Waals surface area contributed by atoms with Crippen molar-refractivity contribution >= 4 is 40.1 Å². The van der Waals surface area contributed by atoms with Gasteiger partial charge in [0.1, 0.15) is 0 Å². The molecule has 0 aliphatic carbocycles. The molecule has 0 spiro atoms. The third-order valence-corrected chi connectivity index (χ3v) is 2.87. The number of nitrogens with zero attached hydrogens (tertiary/aromatic N) is 1. The summed E-state index contributed by atoms with van der Waals surface area (Å²) in [4.78, 5) is 14.4. The summed E-state index contributed by atoms with van der Waals surface area (Å²) in [5, 5.41) is 8.77. The summed E-state index contributed by atoms with van der Waals surface area (Å²) >= 11 is 11.3. The minimum Gasteiger partial charge on any atom is -0.477 e. The summed E-state index contributed by atoms with van der Waals surface area (Å²) in [7, 11) is 0. The lowest BCUT2D eigenvalue weighted by molar-refractivity contribution is -0.166. The first-order valence-electron chi connectivity index (χ1n) is 4.69. The van der Waals surface area contributed by atoms with E-state index >= 15 is 0 Å². The van der Waals surface area contributed by atoms with Crippen LogP contribution in [0.3, 0.4) is 0 Å². The van der Waals surface area contributed by atoms with Crippen LogP contribution in [0.4, 0.5) is 8.78 Å². The number of pyridine rings is 1. The maximum atomic E-state index is 13.6. The molecule has 0 radical (unpaired) electrons. The lowest BCUT2D eigenvalue weighted by Crippen LogP contribution is -2.26. The van der Waals surface area contributed by atoms with Gasteiger partial charge in [0.2, 0.25) is 0 Å². The molecule has 1 aromatic heterocycles. The second-order valence-electron chi connectivity index (χ2n) is 3.53. The predicted molar refractivity (Wildman–Crippen MR) is 63.3 cm³/mol. The predicted octanol–water partition coefficient (Wildman–Crippen LogP) is 3.72. The van der Waals surface area contributed by atoms with Gasteiger partial charge in [-0.25, -0.2) is 4.79 Å². The lowest BCUT2D eigenvalue weighted by Gasteiger charge is -2.15. The van der Waals surface area contributed by atoms with Crippen LogP contribution in [0.5, 0.6) is 0 Å². The molecule has 1 aromatic carbocycles. The highest BCUT2D eigenvalue weighted by Gasteiger charge is 2.44. The van der Waals surface area contributed by atoms with E-state index in [1.165, 1.54) is 18.2 Å². The van der Waals surface area contributed by atoms with Gasteiger partial charge in [0.15, 0.2) is 0 Å². The Hall–Kier alpha value is -1.46. The van der Waals surface area contributed by atoms with Crippen molar-refractivity contribution in [3.05, 3.63) is 40.0 Å². The molecule has 7 heteroatoms. The molecular formula is C11H5Cl2F2NO2. The van der Waals surface area contributed by atoms with Crippen molar-refractivity contribution in [2.75, 3.05) is 0 Å². The van der Waals surface area contributed by atoms with Crippen LogP contribution in [0.2, 0.25) is 10.0 Å². The summed E-state index contributed by atoms with van der Waals surface area (Å²) in [5.74, 6) is -6.40. The Morgan fingerprint density at radius 1 is 1.33 bits per heavy atom. The zero-order chi connectivity index (χ0) is 13.5. The standard InChI is InChI=1S/C11H5Cl2F2NO2/c12-6-3-5-1-2-7(13)8(9(5)16-4-6)11(14,15)10(17)18/h1-4H,(H,17,18). The van der Waals surface area contributed by atoms with Crippen LogP contribution in [-0.4, -0.2) is 16.1 Å². The van der Waals surface area contributed by atoms with Crippen LogP contribution in [0.15, 0.2) is 24.4 Å². The van der Waals surface area contributed by atoms with E-state index in [2.05, 4.69) is 4.98 Å². The average Bonchev–Trinajstić information content (AvgIpc) is 2.28. The Balaban J connectivity index is 2.85. The summed E-state index contributed by atoms with van der Waals surface area (Å²) < 4.78 is 27.2. The second-order valence-corrected chi connectivity index (χ2v) is 4.37. The summed E-state index contributed by atoms with van der Waals surface area (Å²) in [6, 6.07) is 4.04. The summed E-state index contributed by atoms with van der Waals surface area (Å²) in [6.45, 7) is 0. The maximum Gasteiger partial charge on any atom is 0.379 e. The van der Waals surface area contributed by atoms with E-state index in [9.17, 15) is 13.6 Å². The van der Waals surface area contributed by atoms with Crippen molar-refractivity contribution in [1.29, 1.82) is 0 Å². The molecule has 0 amide bonds. The van der Waals surface area contributed by atoms with Crippen LogP contribution in [0, 0.1) is 0 Å². The summed E-state index contributed by atoms with van der Waals surface area (Å²) in [5.41, 5.74) is -1.01. The fourth-order valence-electron chi connectivity index (χ4n) is 1.56. The third kappa shape index (κ3) is 2.00. The number of carbonyl (C=O) groups is 1. The Labute approximate surface area is 110 Å². The Bertz CT molecular complexity index is 646. The van der Waals surface area contributed by atoms with Crippen molar-refractivity contribution in [3.8, 4) is 0 Å². The fraction of sp³-hybridized carbons (Fsp3) is 0.0909.